The molecule has 1 heterocycles. The fourth-order valence-electron chi connectivity index (χ4n) is 1.67. The predicted molar refractivity (Wildman–Crippen MR) is 74.3 cm³/mol. The van der Waals surface area contributed by atoms with Crippen LogP contribution in [0.4, 0.5) is 4.39 Å². The lowest BCUT2D eigenvalue weighted by Crippen LogP contribution is -2.14. The number of benzene rings is 1. The molecule has 0 aliphatic heterocycles. The van der Waals surface area contributed by atoms with Crippen molar-refractivity contribution < 1.29 is 8.81 Å². The summed E-state index contributed by atoms with van der Waals surface area (Å²) in [5.41, 5.74) is 0.574. The summed E-state index contributed by atoms with van der Waals surface area (Å²) in [6, 6.07) is 4.73. The molecular formula is C13H15BrFN3O. The number of hydrogen-bond acceptors (Lipinski definition) is 4. The smallest absolute Gasteiger partial charge is 0.248 e. The predicted octanol–water partition coefficient (Wildman–Crippen LogP) is 3.18. The van der Waals surface area contributed by atoms with Crippen molar-refractivity contribution in [3.63, 3.8) is 0 Å². The average molecular weight is 328 g/mol. The van der Waals surface area contributed by atoms with Crippen molar-refractivity contribution in [2.45, 2.75) is 19.8 Å². The lowest BCUT2D eigenvalue weighted by atomic mass is 10.2. The van der Waals surface area contributed by atoms with Gasteiger partial charge in [0.1, 0.15) is 5.82 Å². The number of nitrogens with one attached hydrogen (secondary N) is 1. The Labute approximate surface area is 119 Å². The van der Waals surface area contributed by atoms with Crippen molar-refractivity contribution in [3.05, 3.63) is 34.4 Å². The van der Waals surface area contributed by atoms with Crippen LogP contribution in [0.5, 0.6) is 0 Å². The molecule has 19 heavy (non-hydrogen) atoms. The fraction of sp³-hybridized carbons (Fsp3) is 0.385. The highest BCUT2D eigenvalue weighted by Gasteiger charge is 2.13. The van der Waals surface area contributed by atoms with Gasteiger partial charge in [-0.1, -0.05) is 13.0 Å². The zero-order valence-corrected chi connectivity index (χ0v) is 12.2. The zero-order valence-electron chi connectivity index (χ0n) is 10.6. The van der Waals surface area contributed by atoms with Crippen LogP contribution in [0.2, 0.25) is 0 Å². The molecule has 0 unspecified atom stereocenters. The van der Waals surface area contributed by atoms with E-state index < -0.39 is 0 Å². The maximum absolute atomic E-state index is 13.4. The van der Waals surface area contributed by atoms with Crippen LogP contribution in [0.1, 0.15) is 19.2 Å². The highest BCUT2D eigenvalue weighted by atomic mass is 79.9. The Balaban J connectivity index is 2.06. The van der Waals surface area contributed by atoms with Gasteiger partial charge < -0.3 is 9.73 Å². The number of halogens is 2. The first-order valence-corrected chi connectivity index (χ1v) is 6.99. The van der Waals surface area contributed by atoms with Gasteiger partial charge in [-0.15, -0.1) is 10.2 Å². The van der Waals surface area contributed by atoms with Crippen molar-refractivity contribution in [1.29, 1.82) is 0 Å². The van der Waals surface area contributed by atoms with Crippen LogP contribution in [-0.4, -0.2) is 23.3 Å². The monoisotopic (exact) mass is 327 g/mol. The molecule has 1 N–H and O–H groups in total. The third-order valence-corrected chi connectivity index (χ3v) is 3.45. The largest absolute Gasteiger partial charge is 0.421 e. The van der Waals surface area contributed by atoms with Crippen LogP contribution >= 0.6 is 15.9 Å². The molecule has 1 aromatic heterocycles. The highest BCUT2D eigenvalue weighted by Crippen LogP contribution is 2.29. The first-order chi connectivity index (χ1) is 9.22. The quantitative estimate of drug-likeness (QED) is 0.828. The van der Waals surface area contributed by atoms with Crippen LogP contribution in [0, 0.1) is 5.82 Å². The van der Waals surface area contributed by atoms with Gasteiger partial charge in [0, 0.05) is 6.42 Å². The number of nitrogens with zero attached hydrogens (tertiary/aromatic N) is 2. The maximum Gasteiger partial charge on any atom is 0.248 e. The number of rotatable bonds is 6. The minimum absolute atomic E-state index is 0.338. The van der Waals surface area contributed by atoms with Gasteiger partial charge in [-0.2, -0.15) is 0 Å². The van der Waals surface area contributed by atoms with Crippen molar-refractivity contribution in [1.82, 2.24) is 15.5 Å². The Morgan fingerprint density at radius 1 is 1.37 bits per heavy atom. The van der Waals surface area contributed by atoms with Crippen LogP contribution in [-0.2, 0) is 6.42 Å². The molecule has 0 saturated carbocycles. The van der Waals surface area contributed by atoms with Gasteiger partial charge >= 0.3 is 0 Å². The van der Waals surface area contributed by atoms with E-state index in [9.17, 15) is 4.39 Å². The van der Waals surface area contributed by atoms with E-state index in [1.807, 2.05) is 0 Å². The molecule has 0 fully saturated rings. The molecular weight excluding hydrogens is 313 g/mol. The van der Waals surface area contributed by atoms with Gasteiger partial charge in [0.05, 0.1) is 10.0 Å². The molecule has 0 aliphatic rings. The topological polar surface area (TPSA) is 51.0 Å². The lowest BCUT2D eigenvalue weighted by molar-refractivity contribution is 0.492. The standard InChI is InChI=1S/C13H15BrFN3O/c1-2-16-8-4-7-11-17-18-13(19-11)9-5-3-6-10(15)12(9)14/h3,5-6,16H,2,4,7-8H2,1H3. The minimum atomic E-state index is -0.343. The molecule has 4 nitrogen and oxygen atoms in total. The highest BCUT2D eigenvalue weighted by molar-refractivity contribution is 9.10. The second kappa shape index (κ2) is 6.77. The second-order valence-corrected chi connectivity index (χ2v) is 4.85. The number of hydrogen-bond donors (Lipinski definition) is 1. The van der Waals surface area contributed by atoms with E-state index in [2.05, 4.69) is 38.4 Å². The van der Waals surface area contributed by atoms with Crippen LogP contribution < -0.4 is 5.32 Å². The van der Waals surface area contributed by atoms with Gasteiger partial charge in [0.2, 0.25) is 11.8 Å². The van der Waals surface area contributed by atoms with Crippen LogP contribution in [0.15, 0.2) is 27.1 Å². The van der Waals surface area contributed by atoms with E-state index in [1.54, 1.807) is 12.1 Å². The number of aromatic nitrogens is 2. The summed E-state index contributed by atoms with van der Waals surface area (Å²) in [5.74, 6) is 0.568. The number of aryl methyl sites for hydroxylation is 1. The van der Waals surface area contributed by atoms with E-state index in [-0.39, 0.29) is 5.82 Å². The molecule has 0 radical (unpaired) electrons. The van der Waals surface area contributed by atoms with E-state index >= 15 is 0 Å². The normalized spacial score (nSPS) is 10.9. The Morgan fingerprint density at radius 2 is 2.21 bits per heavy atom. The van der Waals surface area contributed by atoms with Crippen LogP contribution in [0.25, 0.3) is 11.5 Å². The van der Waals surface area contributed by atoms with Crippen LogP contribution in [0.3, 0.4) is 0 Å². The Bertz CT molecular complexity index is 544. The zero-order chi connectivity index (χ0) is 13.7. The van der Waals surface area contributed by atoms with Gasteiger partial charge in [-0.05, 0) is 47.6 Å². The van der Waals surface area contributed by atoms with Crippen molar-refractivity contribution >= 4 is 15.9 Å². The molecule has 0 aliphatic carbocycles. The maximum atomic E-state index is 13.4. The van der Waals surface area contributed by atoms with Crippen molar-refractivity contribution in [2.24, 2.45) is 0 Å². The summed E-state index contributed by atoms with van der Waals surface area (Å²) < 4.78 is 19.3. The molecule has 6 heteroatoms. The summed E-state index contributed by atoms with van der Waals surface area (Å²) in [6.45, 7) is 3.93. The SMILES string of the molecule is CCNCCCc1nnc(-c2cccc(F)c2Br)o1. The summed E-state index contributed by atoms with van der Waals surface area (Å²) in [7, 11) is 0. The van der Waals surface area contributed by atoms with Crippen molar-refractivity contribution in [2.75, 3.05) is 13.1 Å². The summed E-state index contributed by atoms with van der Waals surface area (Å²) in [4.78, 5) is 0. The third kappa shape index (κ3) is 3.61. The van der Waals surface area contributed by atoms with Gasteiger partial charge in [0.15, 0.2) is 0 Å². The van der Waals surface area contributed by atoms with Gasteiger partial charge in [0.25, 0.3) is 0 Å². The van der Waals surface area contributed by atoms with Gasteiger partial charge in [-0.25, -0.2) is 4.39 Å². The summed E-state index contributed by atoms with van der Waals surface area (Å²) in [5, 5.41) is 11.2. The minimum Gasteiger partial charge on any atom is -0.421 e. The first kappa shape index (κ1) is 14.1. The second-order valence-electron chi connectivity index (χ2n) is 4.06. The summed E-state index contributed by atoms with van der Waals surface area (Å²) >= 11 is 3.19. The molecule has 0 bridgehead atoms. The summed E-state index contributed by atoms with van der Waals surface area (Å²) in [6.07, 6.45) is 1.65. The Morgan fingerprint density at radius 3 is 3.00 bits per heavy atom. The molecule has 102 valence electrons. The van der Waals surface area contributed by atoms with Crippen molar-refractivity contribution in [3.8, 4) is 11.5 Å². The van der Waals surface area contributed by atoms with E-state index in [4.69, 9.17) is 4.42 Å². The molecule has 0 spiro atoms. The molecule has 2 rings (SSSR count). The molecule has 2 aromatic rings. The molecule has 1 aromatic carbocycles. The third-order valence-electron chi connectivity index (χ3n) is 2.64. The van der Waals surface area contributed by atoms with E-state index in [1.165, 1.54) is 6.07 Å². The molecule has 0 amide bonds. The molecule has 0 atom stereocenters. The average Bonchev–Trinajstić information content (AvgIpc) is 2.87. The van der Waals surface area contributed by atoms with Gasteiger partial charge in [-0.3, -0.25) is 0 Å². The fourth-order valence-corrected chi connectivity index (χ4v) is 2.11. The van der Waals surface area contributed by atoms with E-state index in [0.29, 0.717) is 28.2 Å². The Hall–Kier alpha value is -1.27. The first-order valence-electron chi connectivity index (χ1n) is 6.20. The lowest BCUT2D eigenvalue weighted by Gasteiger charge is -2.00. The molecule has 0 saturated heterocycles. The van der Waals surface area contributed by atoms with E-state index in [0.717, 1.165) is 19.5 Å². The Kier molecular flexibility index (Phi) is 5.04.